The van der Waals surface area contributed by atoms with Gasteiger partial charge in [-0.3, -0.25) is 9.69 Å². The fraction of sp³-hybridized carbons (Fsp3) is 0.923. The van der Waals surface area contributed by atoms with Gasteiger partial charge in [-0.2, -0.15) is 0 Å². The molecular weight excluding hydrogens is 214 g/mol. The van der Waals surface area contributed by atoms with Gasteiger partial charge in [0.15, 0.2) is 0 Å². The first-order valence-corrected chi connectivity index (χ1v) is 6.94. The highest BCUT2D eigenvalue weighted by Crippen LogP contribution is 2.23. The van der Waals surface area contributed by atoms with Gasteiger partial charge >= 0.3 is 0 Å². The largest absolute Gasteiger partial charge is 0.342 e. The standard InChI is InChI=1S/C13H25N3O/c1-11-5-8-16(12(11)9-14)10-13(17)15-6-3-2-4-7-15/h11-12H,2-10,14H2,1H3. The molecule has 2 rings (SSSR count). The highest BCUT2D eigenvalue weighted by Gasteiger charge is 2.32. The van der Waals surface area contributed by atoms with Crippen LogP contribution in [0.25, 0.3) is 0 Å². The highest BCUT2D eigenvalue weighted by molar-refractivity contribution is 5.78. The van der Waals surface area contributed by atoms with Crippen LogP contribution in [0, 0.1) is 5.92 Å². The summed E-state index contributed by atoms with van der Waals surface area (Å²) in [4.78, 5) is 16.5. The van der Waals surface area contributed by atoms with Crippen molar-refractivity contribution >= 4 is 5.91 Å². The molecule has 0 aromatic heterocycles. The maximum absolute atomic E-state index is 12.2. The molecule has 4 nitrogen and oxygen atoms in total. The average molecular weight is 239 g/mol. The SMILES string of the molecule is CC1CCN(CC(=O)N2CCCCC2)C1CN. The first-order valence-electron chi connectivity index (χ1n) is 6.94. The number of hydrogen-bond donors (Lipinski definition) is 1. The molecule has 0 aromatic rings. The van der Waals surface area contributed by atoms with Crippen molar-refractivity contribution in [3.8, 4) is 0 Å². The molecule has 0 aromatic carbocycles. The first-order chi connectivity index (χ1) is 8.22. The van der Waals surface area contributed by atoms with Crippen LogP contribution in [0.4, 0.5) is 0 Å². The number of carbonyl (C=O) groups is 1. The lowest BCUT2D eigenvalue weighted by Gasteiger charge is -2.31. The van der Waals surface area contributed by atoms with Crippen LogP contribution in [0.1, 0.15) is 32.6 Å². The second kappa shape index (κ2) is 5.83. The third-order valence-electron chi connectivity index (χ3n) is 4.29. The number of carbonyl (C=O) groups excluding carboxylic acids is 1. The number of nitrogens with zero attached hydrogens (tertiary/aromatic N) is 2. The Morgan fingerprint density at radius 1 is 1.24 bits per heavy atom. The minimum absolute atomic E-state index is 0.303. The molecule has 2 heterocycles. The van der Waals surface area contributed by atoms with Gasteiger partial charge in [-0.05, 0) is 38.1 Å². The average Bonchev–Trinajstić information content (AvgIpc) is 2.71. The van der Waals surface area contributed by atoms with E-state index < -0.39 is 0 Å². The van der Waals surface area contributed by atoms with Gasteiger partial charge in [0, 0.05) is 25.7 Å². The van der Waals surface area contributed by atoms with Gasteiger partial charge in [0.25, 0.3) is 0 Å². The molecule has 2 fully saturated rings. The Kier molecular flexibility index (Phi) is 4.40. The van der Waals surface area contributed by atoms with Crippen molar-refractivity contribution in [2.45, 2.75) is 38.6 Å². The van der Waals surface area contributed by atoms with E-state index in [0.717, 1.165) is 19.6 Å². The maximum Gasteiger partial charge on any atom is 0.236 e. The molecule has 2 unspecified atom stereocenters. The Balaban J connectivity index is 1.85. The second-order valence-electron chi connectivity index (χ2n) is 5.48. The van der Waals surface area contributed by atoms with Gasteiger partial charge in [0.2, 0.25) is 5.91 Å². The molecule has 2 saturated heterocycles. The summed E-state index contributed by atoms with van der Waals surface area (Å²) in [6.45, 7) is 6.43. The van der Waals surface area contributed by atoms with E-state index in [1.807, 2.05) is 4.90 Å². The van der Waals surface area contributed by atoms with Crippen LogP contribution in [-0.2, 0) is 4.79 Å². The van der Waals surface area contributed by atoms with E-state index in [1.165, 1.54) is 25.7 Å². The van der Waals surface area contributed by atoms with Crippen molar-refractivity contribution in [3.63, 3.8) is 0 Å². The lowest BCUT2D eigenvalue weighted by molar-refractivity contribution is -0.133. The van der Waals surface area contributed by atoms with Crippen molar-refractivity contribution in [2.75, 3.05) is 32.7 Å². The third kappa shape index (κ3) is 2.99. The van der Waals surface area contributed by atoms with Gasteiger partial charge in [0.05, 0.1) is 6.54 Å². The predicted molar refractivity (Wildman–Crippen MR) is 68.6 cm³/mol. The molecular formula is C13H25N3O. The second-order valence-corrected chi connectivity index (χ2v) is 5.48. The van der Waals surface area contributed by atoms with E-state index in [9.17, 15) is 4.79 Å². The molecule has 0 bridgehead atoms. The fourth-order valence-electron chi connectivity index (χ4n) is 3.08. The molecule has 2 aliphatic rings. The number of amides is 1. The summed E-state index contributed by atoms with van der Waals surface area (Å²) >= 11 is 0. The number of nitrogens with two attached hydrogens (primary N) is 1. The molecule has 17 heavy (non-hydrogen) atoms. The molecule has 0 aliphatic carbocycles. The topological polar surface area (TPSA) is 49.6 Å². The van der Waals surface area contributed by atoms with Gasteiger partial charge in [-0.25, -0.2) is 0 Å². The van der Waals surface area contributed by atoms with E-state index in [4.69, 9.17) is 5.73 Å². The Labute approximate surface area is 104 Å². The quantitative estimate of drug-likeness (QED) is 0.787. The number of piperidine rings is 1. The Morgan fingerprint density at radius 3 is 2.59 bits per heavy atom. The zero-order valence-corrected chi connectivity index (χ0v) is 10.9. The van der Waals surface area contributed by atoms with Crippen LogP contribution in [0.15, 0.2) is 0 Å². The van der Waals surface area contributed by atoms with Crippen LogP contribution in [0.3, 0.4) is 0 Å². The van der Waals surface area contributed by atoms with Crippen molar-refractivity contribution < 1.29 is 4.79 Å². The summed E-state index contributed by atoms with van der Waals surface area (Å²) in [6.07, 6.45) is 4.79. The predicted octanol–water partition coefficient (Wildman–Crippen LogP) is 0.668. The molecule has 98 valence electrons. The summed E-state index contributed by atoms with van der Waals surface area (Å²) in [7, 11) is 0. The van der Waals surface area contributed by atoms with Gasteiger partial charge in [-0.1, -0.05) is 6.92 Å². The maximum atomic E-state index is 12.2. The summed E-state index contributed by atoms with van der Waals surface area (Å²) in [5.41, 5.74) is 5.80. The zero-order chi connectivity index (χ0) is 12.3. The van der Waals surface area contributed by atoms with Crippen LogP contribution >= 0.6 is 0 Å². The zero-order valence-electron chi connectivity index (χ0n) is 10.9. The van der Waals surface area contributed by atoms with E-state index in [2.05, 4.69) is 11.8 Å². The summed E-state index contributed by atoms with van der Waals surface area (Å²) < 4.78 is 0. The summed E-state index contributed by atoms with van der Waals surface area (Å²) in [6, 6.07) is 0.406. The van der Waals surface area contributed by atoms with E-state index >= 15 is 0 Å². The summed E-state index contributed by atoms with van der Waals surface area (Å²) in [5, 5.41) is 0. The number of likely N-dealkylation sites (tertiary alicyclic amines) is 2. The first kappa shape index (κ1) is 12.8. The molecule has 2 aliphatic heterocycles. The molecule has 1 amide bonds. The van der Waals surface area contributed by atoms with E-state index in [-0.39, 0.29) is 0 Å². The van der Waals surface area contributed by atoms with E-state index in [0.29, 0.717) is 31.0 Å². The Bertz CT molecular complexity index is 263. The van der Waals surface area contributed by atoms with Gasteiger partial charge < -0.3 is 10.6 Å². The Morgan fingerprint density at radius 2 is 1.94 bits per heavy atom. The third-order valence-corrected chi connectivity index (χ3v) is 4.29. The van der Waals surface area contributed by atoms with Crippen molar-refractivity contribution in [2.24, 2.45) is 11.7 Å². The molecule has 4 heteroatoms. The van der Waals surface area contributed by atoms with E-state index in [1.54, 1.807) is 0 Å². The van der Waals surface area contributed by atoms with Crippen LogP contribution < -0.4 is 5.73 Å². The fourth-order valence-corrected chi connectivity index (χ4v) is 3.08. The molecule has 0 spiro atoms. The van der Waals surface area contributed by atoms with Crippen molar-refractivity contribution in [1.29, 1.82) is 0 Å². The molecule has 0 radical (unpaired) electrons. The highest BCUT2D eigenvalue weighted by atomic mass is 16.2. The summed E-state index contributed by atoms with van der Waals surface area (Å²) in [5.74, 6) is 0.936. The van der Waals surface area contributed by atoms with Crippen LogP contribution in [0.5, 0.6) is 0 Å². The molecule has 2 atom stereocenters. The monoisotopic (exact) mass is 239 g/mol. The smallest absolute Gasteiger partial charge is 0.236 e. The van der Waals surface area contributed by atoms with Crippen molar-refractivity contribution in [3.05, 3.63) is 0 Å². The lowest BCUT2D eigenvalue weighted by atomic mass is 10.0. The van der Waals surface area contributed by atoms with Gasteiger partial charge in [0.1, 0.15) is 0 Å². The number of rotatable bonds is 3. The Hall–Kier alpha value is -0.610. The minimum Gasteiger partial charge on any atom is -0.342 e. The molecule has 2 N–H and O–H groups in total. The minimum atomic E-state index is 0.303. The van der Waals surface area contributed by atoms with Crippen molar-refractivity contribution in [1.82, 2.24) is 9.80 Å². The van der Waals surface area contributed by atoms with Crippen LogP contribution in [-0.4, -0.2) is 54.5 Å². The normalized spacial score (nSPS) is 30.8. The van der Waals surface area contributed by atoms with Gasteiger partial charge in [-0.15, -0.1) is 0 Å². The number of hydrogen-bond acceptors (Lipinski definition) is 3. The molecule has 0 saturated carbocycles. The van der Waals surface area contributed by atoms with Crippen LogP contribution in [0.2, 0.25) is 0 Å². The lowest BCUT2D eigenvalue weighted by Crippen LogP contribution is -2.46.